The molecule has 0 fully saturated rings. The third-order valence-electron chi connectivity index (χ3n) is 2.22. The Labute approximate surface area is 107 Å². The van der Waals surface area contributed by atoms with Crippen LogP contribution in [0.2, 0.25) is 0 Å². The summed E-state index contributed by atoms with van der Waals surface area (Å²) in [5.41, 5.74) is 2.37. The van der Waals surface area contributed by atoms with Gasteiger partial charge in [0, 0.05) is 9.35 Å². The Morgan fingerprint density at radius 3 is 2.80 bits per heavy atom. The first kappa shape index (κ1) is 11.2. The predicted molar refractivity (Wildman–Crippen MR) is 70.9 cm³/mol. The summed E-state index contributed by atoms with van der Waals surface area (Å²) in [6.45, 7) is 2.08. The van der Waals surface area contributed by atoms with E-state index in [0.29, 0.717) is 0 Å². The lowest BCUT2D eigenvalue weighted by atomic mass is 10.1. The number of halogens is 2. The molecule has 0 bridgehead atoms. The second-order valence-electron chi connectivity index (χ2n) is 3.40. The summed E-state index contributed by atoms with van der Waals surface area (Å²) in [6.07, 6.45) is 0. The fourth-order valence-electron chi connectivity index (χ4n) is 1.45. The van der Waals surface area contributed by atoms with Crippen LogP contribution in [0.5, 0.6) is 0 Å². The maximum absolute atomic E-state index is 6.43. The normalized spacial score (nSPS) is 12.7. The molecule has 0 aliphatic heterocycles. The van der Waals surface area contributed by atoms with Crippen molar-refractivity contribution >= 4 is 38.9 Å². The Balaban J connectivity index is 2.41. The second kappa shape index (κ2) is 4.69. The number of aryl methyl sites for hydroxylation is 1. The summed E-state index contributed by atoms with van der Waals surface area (Å²) in [6, 6.07) is 10.3. The highest BCUT2D eigenvalue weighted by molar-refractivity contribution is 9.10. The van der Waals surface area contributed by atoms with Crippen LogP contribution in [0.4, 0.5) is 0 Å². The van der Waals surface area contributed by atoms with Crippen LogP contribution in [-0.2, 0) is 0 Å². The molecule has 0 saturated heterocycles. The van der Waals surface area contributed by atoms with E-state index in [1.54, 1.807) is 11.3 Å². The molecule has 0 N–H and O–H groups in total. The van der Waals surface area contributed by atoms with Crippen LogP contribution in [0, 0.1) is 6.92 Å². The van der Waals surface area contributed by atoms with E-state index in [0.717, 1.165) is 10.0 Å². The van der Waals surface area contributed by atoms with Gasteiger partial charge in [-0.3, -0.25) is 0 Å². The molecule has 0 nitrogen and oxygen atoms in total. The molecule has 0 radical (unpaired) electrons. The lowest BCUT2D eigenvalue weighted by Gasteiger charge is -2.10. The van der Waals surface area contributed by atoms with Crippen LogP contribution < -0.4 is 0 Å². The second-order valence-corrected chi connectivity index (χ2v) is 5.67. The van der Waals surface area contributed by atoms with Crippen LogP contribution >= 0.6 is 38.9 Å². The van der Waals surface area contributed by atoms with E-state index in [4.69, 9.17) is 11.6 Å². The Kier molecular flexibility index (Phi) is 3.49. The SMILES string of the molecule is Cc1ccc(Br)c(C(Cl)c2cccs2)c1. The molecule has 1 atom stereocenters. The highest BCUT2D eigenvalue weighted by atomic mass is 79.9. The van der Waals surface area contributed by atoms with Gasteiger partial charge < -0.3 is 0 Å². The molecular weight excluding hydrogens is 292 g/mol. The smallest absolute Gasteiger partial charge is 0.0938 e. The maximum atomic E-state index is 6.43. The van der Waals surface area contributed by atoms with Crippen molar-refractivity contribution in [3.8, 4) is 0 Å². The Hall–Kier alpha value is -0.310. The molecule has 0 saturated carbocycles. The van der Waals surface area contributed by atoms with Gasteiger partial charge in [-0.05, 0) is 30.0 Å². The largest absolute Gasteiger partial charge is 0.147 e. The molecule has 0 aliphatic rings. The zero-order valence-electron chi connectivity index (χ0n) is 8.21. The van der Waals surface area contributed by atoms with Gasteiger partial charge in [0.05, 0.1) is 5.38 Å². The van der Waals surface area contributed by atoms with Crippen molar-refractivity contribution in [3.05, 3.63) is 56.2 Å². The summed E-state index contributed by atoms with van der Waals surface area (Å²) < 4.78 is 1.07. The van der Waals surface area contributed by atoms with E-state index in [-0.39, 0.29) is 5.38 Å². The van der Waals surface area contributed by atoms with Crippen molar-refractivity contribution in [3.63, 3.8) is 0 Å². The number of hydrogen-bond acceptors (Lipinski definition) is 1. The molecule has 1 unspecified atom stereocenters. The van der Waals surface area contributed by atoms with Crippen LogP contribution in [0.15, 0.2) is 40.2 Å². The van der Waals surface area contributed by atoms with Crippen molar-refractivity contribution in [2.75, 3.05) is 0 Å². The fourth-order valence-corrected chi connectivity index (χ4v) is 3.18. The van der Waals surface area contributed by atoms with Gasteiger partial charge in [0.25, 0.3) is 0 Å². The van der Waals surface area contributed by atoms with E-state index in [1.807, 2.05) is 12.1 Å². The quantitative estimate of drug-likeness (QED) is 0.673. The number of benzene rings is 1. The highest BCUT2D eigenvalue weighted by Crippen LogP contribution is 2.36. The van der Waals surface area contributed by atoms with E-state index >= 15 is 0 Å². The average Bonchev–Trinajstić information content (AvgIpc) is 2.74. The number of rotatable bonds is 2. The molecule has 0 spiro atoms. The molecule has 0 aliphatic carbocycles. The molecule has 1 aromatic carbocycles. The summed E-state index contributed by atoms with van der Waals surface area (Å²) in [7, 11) is 0. The summed E-state index contributed by atoms with van der Waals surface area (Å²) >= 11 is 11.7. The first-order valence-electron chi connectivity index (χ1n) is 4.62. The lowest BCUT2D eigenvalue weighted by Crippen LogP contribution is -1.92. The highest BCUT2D eigenvalue weighted by Gasteiger charge is 2.14. The number of alkyl halides is 1. The topological polar surface area (TPSA) is 0 Å². The molecule has 78 valence electrons. The molecule has 0 amide bonds. The van der Waals surface area contributed by atoms with Gasteiger partial charge in [0.1, 0.15) is 0 Å². The van der Waals surface area contributed by atoms with Gasteiger partial charge in [-0.25, -0.2) is 0 Å². The van der Waals surface area contributed by atoms with Crippen LogP contribution in [0.1, 0.15) is 21.4 Å². The molecule has 1 aromatic heterocycles. The minimum atomic E-state index is -0.0562. The van der Waals surface area contributed by atoms with E-state index in [2.05, 4.69) is 46.4 Å². The summed E-state index contributed by atoms with van der Waals surface area (Å²) in [5.74, 6) is 0. The van der Waals surface area contributed by atoms with Gasteiger partial charge in [0.15, 0.2) is 0 Å². The summed E-state index contributed by atoms with van der Waals surface area (Å²) in [4.78, 5) is 1.18. The maximum Gasteiger partial charge on any atom is 0.0938 e. The Bertz CT molecular complexity index is 451. The van der Waals surface area contributed by atoms with Gasteiger partial charge in [-0.1, -0.05) is 39.7 Å². The Morgan fingerprint density at radius 1 is 1.33 bits per heavy atom. The zero-order valence-corrected chi connectivity index (χ0v) is 11.4. The first-order chi connectivity index (χ1) is 7.18. The van der Waals surface area contributed by atoms with Crippen molar-refractivity contribution in [2.45, 2.75) is 12.3 Å². The number of thiophene rings is 1. The molecular formula is C12H10BrClS. The Morgan fingerprint density at radius 2 is 2.13 bits per heavy atom. The van der Waals surface area contributed by atoms with Crippen molar-refractivity contribution in [2.24, 2.45) is 0 Å². The first-order valence-corrected chi connectivity index (χ1v) is 6.73. The van der Waals surface area contributed by atoms with Crippen molar-refractivity contribution in [1.29, 1.82) is 0 Å². The van der Waals surface area contributed by atoms with E-state index < -0.39 is 0 Å². The zero-order chi connectivity index (χ0) is 10.8. The summed E-state index contributed by atoms with van der Waals surface area (Å²) in [5, 5.41) is 1.99. The van der Waals surface area contributed by atoms with Gasteiger partial charge >= 0.3 is 0 Å². The monoisotopic (exact) mass is 300 g/mol. The van der Waals surface area contributed by atoms with Crippen LogP contribution in [0.25, 0.3) is 0 Å². The van der Waals surface area contributed by atoms with Crippen molar-refractivity contribution < 1.29 is 0 Å². The standard InChI is InChI=1S/C12H10BrClS/c1-8-4-5-10(13)9(7-8)12(14)11-3-2-6-15-11/h2-7,12H,1H3. The molecule has 2 rings (SSSR count). The van der Waals surface area contributed by atoms with Gasteiger partial charge in [-0.2, -0.15) is 0 Å². The fraction of sp³-hybridized carbons (Fsp3) is 0.167. The minimum absolute atomic E-state index is 0.0562. The lowest BCUT2D eigenvalue weighted by molar-refractivity contribution is 1.16. The molecule has 2 aromatic rings. The van der Waals surface area contributed by atoms with E-state index in [1.165, 1.54) is 10.4 Å². The number of hydrogen-bond donors (Lipinski definition) is 0. The van der Waals surface area contributed by atoms with Crippen LogP contribution in [0.3, 0.4) is 0 Å². The van der Waals surface area contributed by atoms with Gasteiger partial charge in [-0.15, -0.1) is 22.9 Å². The third-order valence-corrected chi connectivity index (χ3v) is 4.48. The predicted octanol–water partition coefficient (Wildman–Crippen LogP) is 5.15. The van der Waals surface area contributed by atoms with E-state index in [9.17, 15) is 0 Å². The van der Waals surface area contributed by atoms with Gasteiger partial charge in [0.2, 0.25) is 0 Å². The molecule has 15 heavy (non-hydrogen) atoms. The molecule has 3 heteroatoms. The average molecular weight is 302 g/mol. The molecule has 1 heterocycles. The van der Waals surface area contributed by atoms with Crippen molar-refractivity contribution in [1.82, 2.24) is 0 Å². The minimum Gasteiger partial charge on any atom is -0.147 e. The third kappa shape index (κ3) is 2.44. The van der Waals surface area contributed by atoms with Crippen LogP contribution in [-0.4, -0.2) is 0 Å².